The lowest BCUT2D eigenvalue weighted by molar-refractivity contribution is -0.177. The normalized spacial score (nSPS) is 54.5. The van der Waals surface area contributed by atoms with Crippen LogP contribution < -0.4 is 0 Å². The first-order chi connectivity index (χ1) is 7.18. The molecule has 1 aliphatic carbocycles. The molecule has 0 N–H and O–H groups in total. The van der Waals surface area contributed by atoms with Crippen LogP contribution in [0.5, 0.6) is 0 Å². The van der Waals surface area contributed by atoms with E-state index in [0.717, 1.165) is 0 Å². The van der Waals surface area contributed by atoms with Gasteiger partial charge in [-0.1, -0.05) is 0 Å². The van der Waals surface area contributed by atoms with Crippen molar-refractivity contribution in [2.24, 2.45) is 23.7 Å². The number of cyclic esters (lactones) is 2. The van der Waals surface area contributed by atoms with E-state index < -0.39 is 42.0 Å². The number of rotatable bonds is 0. The summed E-state index contributed by atoms with van der Waals surface area (Å²) in [7, 11) is 0. The number of hydrogen-bond acceptors (Lipinski definition) is 6. The van der Waals surface area contributed by atoms with E-state index in [2.05, 4.69) is 4.74 Å². The van der Waals surface area contributed by atoms with Crippen molar-refractivity contribution in [3.8, 4) is 0 Å². The van der Waals surface area contributed by atoms with E-state index in [0.29, 0.717) is 0 Å². The number of hydrogen-bond donors (Lipinski definition) is 0. The smallest absolute Gasteiger partial charge is 0.318 e. The fourth-order valence-electron chi connectivity index (χ4n) is 2.99. The summed E-state index contributed by atoms with van der Waals surface area (Å²) in [5.41, 5.74) is 0. The summed E-state index contributed by atoms with van der Waals surface area (Å²) >= 11 is 0. The van der Waals surface area contributed by atoms with Crippen molar-refractivity contribution >= 4 is 17.9 Å². The largest absolute Gasteiger partial charge is 0.433 e. The number of carbonyl (C=O) groups is 3. The molecule has 6 heteroatoms. The highest BCUT2D eigenvalue weighted by atomic mass is 16.8. The van der Waals surface area contributed by atoms with Gasteiger partial charge in [-0.05, 0) is 0 Å². The standard InChI is InChI=1S/C9H6O6/c10-6-2-1-3(4(2)7(11)14-6)8(12)15-9-5(1)13-9/h1-5,9H. The third-order valence-electron chi connectivity index (χ3n) is 3.72. The second-order valence-corrected chi connectivity index (χ2v) is 4.30. The number of ether oxygens (including phenoxy) is 3. The molecule has 0 aromatic rings. The van der Waals surface area contributed by atoms with Crippen LogP contribution in [-0.2, 0) is 28.6 Å². The van der Waals surface area contributed by atoms with Gasteiger partial charge in [-0.15, -0.1) is 0 Å². The van der Waals surface area contributed by atoms with E-state index in [1.165, 1.54) is 0 Å². The summed E-state index contributed by atoms with van der Waals surface area (Å²) in [5, 5.41) is 0. The Labute approximate surface area is 83.5 Å². The molecular weight excluding hydrogens is 204 g/mol. The Hall–Kier alpha value is -1.43. The molecule has 0 amide bonds. The molecule has 6 atom stereocenters. The topological polar surface area (TPSA) is 82.2 Å². The van der Waals surface area contributed by atoms with Gasteiger partial charge in [0, 0.05) is 5.92 Å². The predicted octanol–water partition coefficient (Wildman–Crippen LogP) is -1.17. The third kappa shape index (κ3) is 0.707. The molecule has 0 radical (unpaired) electrons. The number of epoxide rings is 1. The SMILES string of the molecule is O=C1OC(=O)C2C1C1C(=O)OC3OC3C21. The fraction of sp³-hybridized carbons (Fsp3) is 0.667. The number of carbonyl (C=O) groups excluding carboxylic acids is 3. The zero-order valence-electron chi connectivity index (χ0n) is 7.41. The first-order valence-electron chi connectivity index (χ1n) is 4.80. The van der Waals surface area contributed by atoms with Crippen molar-refractivity contribution in [3.05, 3.63) is 0 Å². The van der Waals surface area contributed by atoms with Crippen molar-refractivity contribution in [1.82, 2.24) is 0 Å². The summed E-state index contributed by atoms with van der Waals surface area (Å²) in [4.78, 5) is 34.1. The van der Waals surface area contributed by atoms with E-state index >= 15 is 0 Å². The van der Waals surface area contributed by atoms with E-state index in [1.54, 1.807) is 0 Å². The van der Waals surface area contributed by atoms with Crippen LogP contribution >= 0.6 is 0 Å². The molecule has 3 heterocycles. The van der Waals surface area contributed by atoms with Crippen LogP contribution in [0.15, 0.2) is 0 Å². The van der Waals surface area contributed by atoms with Gasteiger partial charge in [0.1, 0.15) is 6.10 Å². The van der Waals surface area contributed by atoms with Gasteiger partial charge < -0.3 is 14.2 Å². The average molecular weight is 210 g/mol. The Balaban J connectivity index is 1.76. The van der Waals surface area contributed by atoms with Crippen LogP contribution in [0.3, 0.4) is 0 Å². The van der Waals surface area contributed by atoms with E-state index in [4.69, 9.17) is 9.47 Å². The molecule has 4 aliphatic rings. The Kier molecular flexibility index (Phi) is 1.07. The predicted molar refractivity (Wildman–Crippen MR) is 39.8 cm³/mol. The van der Waals surface area contributed by atoms with Gasteiger partial charge in [0.2, 0.25) is 6.29 Å². The van der Waals surface area contributed by atoms with Crippen LogP contribution in [0.4, 0.5) is 0 Å². The monoisotopic (exact) mass is 210 g/mol. The second-order valence-electron chi connectivity index (χ2n) is 4.30. The lowest BCUT2D eigenvalue weighted by Gasteiger charge is -2.43. The Morgan fingerprint density at radius 1 is 0.867 bits per heavy atom. The molecule has 1 saturated carbocycles. The van der Waals surface area contributed by atoms with Gasteiger partial charge in [-0.3, -0.25) is 14.4 Å². The molecule has 3 aliphatic heterocycles. The van der Waals surface area contributed by atoms with Crippen LogP contribution in [0.2, 0.25) is 0 Å². The third-order valence-corrected chi connectivity index (χ3v) is 3.72. The zero-order chi connectivity index (χ0) is 10.3. The van der Waals surface area contributed by atoms with Crippen LogP contribution in [0, 0.1) is 23.7 Å². The van der Waals surface area contributed by atoms with Gasteiger partial charge >= 0.3 is 17.9 Å². The van der Waals surface area contributed by atoms with E-state index in [1.807, 2.05) is 0 Å². The van der Waals surface area contributed by atoms with Crippen molar-refractivity contribution in [2.45, 2.75) is 12.4 Å². The number of fused-ring (bicyclic) bond motifs is 6. The number of esters is 3. The van der Waals surface area contributed by atoms with Crippen LogP contribution in [0.1, 0.15) is 0 Å². The summed E-state index contributed by atoms with van der Waals surface area (Å²) in [6, 6.07) is 0. The molecule has 6 nitrogen and oxygen atoms in total. The van der Waals surface area contributed by atoms with Crippen molar-refractivity contribution < 1.29 is 28.6 Å². The maximum absolute atomic E-state index is 11.5. The average Bonchev–Trinajstić information content (AvgIpc) is 2.75. The maximum atomic E-state index is 11.5. The highest BCUT2D eigenvalue weighted by molar-refractivity contribution is 6.02. The quantitative estimate of drug-likeness (QED) is 0.284. The Morgan fingerprint density at radius 2 is 1.53 bits per heavy atom. The highest BCUT2D eigenvalue weighted by Crippen LogP contribution is 2.60. The van der Waals surface area contributed by atoms with E-state index in [-0.39, 0.29) is 12.0 Å². The first-order valence-corrected chi connectivity index (χ1v) is 4.80. The molecule has 78 valence electrons. The lowest BCUT2D eigenvalue weighted by Crippen LogP contribution is -2.57. The Bertz CT molecular complexity index is 415. The minimum atomic E-state index is -0.625. The summed E-state index contributed by atoms with van der Waals surface area (Å²) in [6.07, 6.45) is -0.699. The fourth-order valence-corrected chi connectivity index (χ4v) is 2.99. The molecule has 4 rings (SSSR count). The minimum Gasteiger partial charge on any atom is -0.433 e. The molecule has 0 bridgehead atoms. The first kappa shape index (κ1) is 7.81. The lowest BCUT2D eigenvalue weighted by atomic mass is 9.55. The van der Waals surface area contributed by atoms with Crippen molar-refractivity contribution in [3.63, 3.8) is 0 Å². The molecular formula is C9H6O6. The Morgan fingerprint density at radius 3 is 2.33 bits per heavy atom. The van der Waals surface area contributed by atoms with Crippen molar-refractivity contribution in [2.75, 3.05) is 0 Å². The highest BCUT2D eigenvalue weighted by Gasteiger charge is 2.75. The molecule has 6 unspecified atom stereocenters. The van der Waals surface area contributed by atoms with Gasteiger partial charge in [0.25, 0.3) is 0 Å². The van der Waals surface area contributed by atoms with Crippen molar-refractivity contribution in [1.29, 1.82) is 0 Å². The zero-order valence-corrected chi connectivity index (χ0v) is 7.41. The van der Waals surface area contributed by atoms with Gasteiger partial charge in [-0.2, -0.15) is 0 Å². The molecule has 0 aromatic heterocycles. The van der Waals surface area contributed by atoms with Crippen LogP contribution in [-0.4, -0.2) is 30.3 Å². The molecule has 15 heavy (non-hydrogen) atoms. The summed E-state index contributed by atoms with van der Waals surface area (Å²) in [6.45, 7) is 0. The molecule has 0 aromatic carbocycles. The summed E-state index contributed by atoms with van der Waals surface area (Å²) < 4.78 is 14.5. The van der Waals surface area contributed by atoms with Crippen LogP contribution in [0.25, 0.3) is 0 Å². The molecule has 3 saturated heterocycles. The maximum Gasteiger partial charge on any atom is 0.318 e. The minimum absolute atomic E-state index is 0.201. The van der Waals surface area contributed by atoms with Gasteiger partial charge in [0.05, 0.1) is 17.8 Å². The second kappa shape index (κ2) is 2.06. The van der Waals surface area contributed by atoms with Gasteiger partial charge in [0.15, 0.2) is 0 Å². The molecule has 0 spiro atoms. The van der Waals surface area contributed by atoms with E-state index in [9.17, 15) is 14.4 Å². The molecule has 4 fully saturated rings. The summed E-state index contributed by atoms with van der Waals surface area (Å²) in [5.74, 6) is -3.40. The van der Waals surface area contributed by atoms with Gasteiger partial charge in [-0.25, -0.2) is 0 Å².